The predicted octanol–water partition coefficient (Wildman–Crippen LogP) is 3.21. The van der Waals surface area contributed by atoms with Crippen molar-refractivity contribution in [1.82, 2.24) is 9.88 Å². The summed E-state index contributed by atoms with van der Waals surface area (Å²) in [5.41, 5.74) is 1.24. The lowest BCUT2D eigenvalue weighted by atomic mass is 9.99. The Kier molecular flexibility index (Phi) is 5.51. The van der Waals surface area contributed by atoms with Crippen LogP contribution in [0.2, 0.25) is 0 Å². The number of hydrogen-bond acceptors (Lipinski definition) is 4. The van der Waals surface area contributed by atoms with Crippen LogP contribution >= 0.6 is 0 Å². The van der Waals surface area contributed by atoms with Crippen LogP contribution in [0.3, 0.4) is 0 Å². The molecule has 6 heteroatoms. The van der Waals surface area contributed by atoms with Gasteiger partial charge in [0.1, 0.15) is 11.4 Å². The number of nitrogens with zero attached hydrogens (tertiary/aromatic N) is 2. The first-order valence-electron chi connectivity index (χ1n) is 8.78. The van der Waals surface area contributed by atoms with E-state index in [4.69, 9.17) is 4.74 Å². The van der Waals surface area contributed by atoms with E-state index in [0.29, 0.717) is 22.9 Å². The second-order valence-electron chi connectivity index (χ2n) is 6.58. The van der Waals surface area contributed by atoms with Gasteiger partial charge in [0.15, 0.2) is 0 Å². The molecule has 2 heterocycles. The summed E-state index contributed by atoms with van der Waals surface area (Å²) in [6.07, 6.45) is 3.66. The number of pyridine rings is 1. The van der Waals surface area contributed by atoms with Crippen molar-refractivity contribution in [3.63, 3.8) is 0 Å². The molecule has 0 saturated carbocycles. The second-order valence-corrected chi connectivity index (χ2v) is 6.58. The molecule has 1 atom stereocenters. The van der Waals surface area contributed by atoms with Crippen molar-refractivity contribution < 1.29 is 14.3 Å². The molecule has 1 unspecified atom stereocenters. The van der Waals surface area contributed by atoms with Gasteiger partial charge in [0.05, 0.1) is 12.8 Å². The van der Waals surface area contributed by atoms with E-state index in [2.05, 4.69) is 17.2 Å². The smallest absolute Gasteiger partial charge is 0.274 e. The molecule has 2 amide bonds. The Labute approximate surface area is 153 Å². The molecule has 1 aromatic carbocycles. The summed E-state index contributed by atoms with van der Waals surface area (Å²) in [4.78, 5) is 31.2. The fraction of sp³-hybridized carbons (Fsp3) is 0.350. The Bertz CT molecular complexity index is 806. The quantitative estimate of drug-likeness (QED) is 0.916. The highest BCUT2D eigenvalue weighted by Crippen LogP contribution is 2.24. The van der Waals surface area contributed by atoms with Gasteiger partial charge in [-0.25, -0.2) is 0 Å². The first-order chi connectivity index (χ1) is 12.6. The Balaban J connectivity index is 1.76. The van der Waals surface area contributed by atoms with Crippen molar-refractivity contribution in [3.8, 4) is 5.75 Å². The largest absolute Gasteiger partial charge is 0.495 e. The number of likely N-dealkylation sites (tertiary alicyclic amines) is 1. The average Bonchev–Trinajstić information content (AvgIpc) is 2.68. The lowest BCUT2D eigenvalue weighted by Gasteiger charge is -2.31. The van der Waals surface area contributed by atoms with Gasteiger partial charge in [-0.1, -0.05) is 19.1 Å². The number of piperidine rings is 1. The van der Waals surface area contributed by atoms with E-state index in [1.165, 1.54) is 6.20 Å². The van der Waals surface area contributed by atoms with Crippen LogP contribution in [0, 0.1) is 5.92 Å². The summed E-state index contributed by atoms with van der Waals surface area (Å²) < 4.78 is 5.24. The first kappa shape index (κ1) is 17.9. The van der Waals surface area contributed by atoms with Gasteiger partial charge >= 0.3 is 0 Å². The molecular weight excluding hydrogens is 330 g/mol. The summed E-state index contributed by atoms with van der Waals surface area (Å²) in [7, 11) is 1.54. The summed E-state index contributed by atoms with van der Waals surface area (Å²) in [5, 5.41) is 2.78. The van der Waals surface area contributed by atoms with Crippen LogP contribution in [0.1, 0.15) is 40.6 Å². The minimum Gasteiger partial charge on any atom is -0.495 e. The van der Waals surface area contributed by atoms with Crippen molar-refractivity contribution in [3.05, 3.63) is 53.9 Å². The lowest BCUT2D eigenvalue weighted by molar-refractivity contribution is 0.0683. The summed E-state index contributed by atoms with van der Waals surface area (Å²) >= 11 is 0. The van der Waals surface area contributed by atoms with Gasteiger partial charge in [0.2, 0.25) is 0 Å². The van der Waals surface area contributed by atoms with Crippen LogP contribution in [-0.4, -0.2) is 41.9 Å². The SMILES string of the molecule is COc1ccccc1NC(=O)c1cc(C(=O)N2CCCC(C)C2)ccn1. The third-order valence-corrected chi connectivity index (χ3v) is 4.54. The van der Waals surface area contributed by atoms with E-state index >= 15 is 0 Å². The van der Waals surface area contributed by atoms with Gasteiger partial charge in [0.25, 0.3) is 11.8 Å². The number of carbonyl (C=O) groups is 2. The maximum atomic E-state index is 12.7. The van der Waals surface area contributed by atoms with Gasteiger partial charge < -0.3 is 15.0 Å². The Hall–Kier alpha value is -2.89. The Morgan fingerprint density at radius 2 is 2.08 bits per heavy atom. The highest BCUT2D eigenvalue weighted by atomic mass is 16.5. The molecule has 0 bridgehead atoms. The fourth-order valence-corrected chi connectivity index (χ4v) is 3.18. The van der Waals surface area contributed by atoms with E-state index in [1.54, 1.807) is 31.4 Å². The number of benzene rings is 1. The third kappa shape index (κ3) is 4.02. The predicted molar refractivity (Wildman–Crippen MR) is 99.5 cm³/mol. The molecule has 0 radical (unpaired) electrons. The normalized spacial score (nSPS) is 16.8. The minimum atomic E-state index is -0.379. The molecular formula is C20H23N3O3. The zero-order valence-electron chi connectivity index (χ0n) is 15.1. The average molecular weight is 353 g/mol. The molecule has 0 spiro atoms. The number of rotatable bonds is 4. The first-order valence-corrected chi connectivity index (χ1v) is 8.78. The van der Waals surface area contributed by atoms with E-state index in [1.807, 2.05) is 17.0 Å². The number of amides is 2. The van der Waals surface area contributed by atoms with Crippen LogP contribution in [0.4, 0.5) is 5.69 Å². The monoisotopic (exact) mass is 353 g/mol. The van der Waals surface area contributed by atoms with Crippen molar-refractivity contribution in [2.24, 2.45) is 5.92 Å². The topological polar surface area (TPSA) is 71.5 Å². The maximum absolute atomic E-state index is 12.7. The molecule has 1 aromatic heterocycles. The van der Waals surface area contributed by atoms with E-state index in [0.717, 1.165) is 25.9 Å². The van der Waals surface area contributed by atoms with Gasteiger partial charge in [-0.05, 0) is 43.0 Å². The van der Waals surface area contributed by atoms with Crippen molar-refractivity contribution >= 4 is 17.5 Å². The number of hydrogen-bond donors (Lipinski definition) is 1. The van der Waals surface area contributed by atoms with E-state index in [9.17, 15) is 9.59 Å². The Morgan fingerprint density at radius 1 is 1.27 bits per heavy atom. The van der Waals surface area contributed by atoms with Gasteiger partial charge in [-0.2, -0.15) is 0 Å². The number of anilines is 1. The third-order valence-electron chi connectivity index (χ3n) is 4.54. The van der Waals surface area contributed by atoms with Crippen LogP contribution in [0.15, 0.2) is 42.6 Å². The number of methoxy groups -OCH3 is 1. The highest BCUT2D eigenvalue weighted by molar-refractivity contribution is 6.05. The standard InChI is InChI=1S/C20H23N3O3/c1-14-6-5-11-23(13-14)20(25)15-9-10-21-17(12-15)19(24)22-16-7-3-4-8-18(16)26-2/h3-4,7-10,12,14H,5-6,11,13H2,1-2H3,(H,22,24). The van der Waals surface area contributed by atoms with Crippen molar-refractivity contribution in [2.75, 3.05) is 25.5 Å². The molecule has 1 aliphatic rings. The van der Waals surface area contributed by atoms with E-state index < -0.39 is 0 Å². The van der Waals surface area contributed by atoms with Crippen LogP contribution in [0.25, 0.3) is 0 Å². The van der Waals surface area contributed by atoms with Gasteiger partial charge in [0, 0.05) is 24.8 Å². The zero-order chi connectivity index (χ0) is 18.5. The number of aromatic nitrogens is 1. The minimum absolute atomic E-state index is 0.0507. The molecule has 1 N–H and O–H groups in total. The zero-order valence-corrected chi connectivity index (χ0v) is 15.1. The van der Waals surface area contributed by atoms with Gasteiger partial charge in [-0.3, -0.25) is 14.6 Å². The molecule has 136 valence electrons. The van der Waals surface area contributed by atoms with Crippen LogP contribution in [-0.2, 0) is 0 Å². The molecule has 6 nitrogen and oxygen atoms in total. The summed E-state index contributed by atoms with van der Waals surface area (Å²) in [6.45, 7) is 3.66. The lowest BCUT2D eigenvalue weighted by Crippen LogP contribution is -2.39. The fourth-order valence-electron chi connectivity index (χ4n) is 3.18. The van der Waals surface area contributed by atoms with Crippen LogP contribution < -0.4 is 10.1 Å². The Morgan fingerprint density at radius 3 is 2.85 bits per heavy atom. The van der Waals surface area contributed by atoms with Crippen molar-refractivity contribution in [2.45, 2.75) is 19.8 Å². The molecule has 1 aliphatic heterocycles. The van der Waals surface area contributed by atoms with Gasteiger partial charge in [-0.15, -0.1) is 0 Å². The highest BCUT2D eigenvalue weighted by Gasteiger charge is 2.23. The number of nitrogens with one attached hydrogen (secondary N) is 1. The molecule has 1 fully saturated rings. The second kappa shape index (κ2) is 7.99. The van der Waals surface area contributed by atoms with E-state index in [-0.39, 0.29) is 17.5 Å². The molecule has 3 rings (SSSR count). The van der Waals surface area contributed by atoms with Crippen LogP contribution in [0.5, 0.6) is 5.75 Å². The number of para-hydroxylation sites is 2. The molecule has 26 heavy (non-hydrogen) atoms. The molecule has 0 aliphatic carbocycles. The molecule has 1 saturated heterocycles. The summed E-state index contributed by atoms with van der Waals surface area (Å²) in [6, 6.07) is 10.4. The number of ether oxygens (including phenoxy) is 1. The number of carbonyl (C=O) groups excluding carboxylic acids is 2. The summed E-state index contributed by atoms with van der Waals surface area (Å²) in [5.74, 6) is 0.639. The maximum Gasteiger partial charge on any atom is 0.274 e. The molecule has 2 aromatic rings. The van der Waals surface area contributed by atoms with Crippen molar-refractivity contribution in [1.29, 1.82) is 0 Å².